The van der Waals surface area contributed by atoms with E-state index in [0.29, 0.717) is 0 Å². The van der Waals surface area contributed by atoms with Gasteiger partial charge in [-0.05, 0) is 70.8 Å². The summed E-state index contributed by atoms with van der Waals surface area (Å²) >= 11 is 7.31. The first-order chi connectivity index (χ1) is 17.6. The molecule has 190 valence electrons. The molecule has 4 aromatic carbocycles. The van der Waals surface area contributed by atoms with E-state index in [9.17, 15) is 0 Å². The first-order valence-electron chi connectivity index (χ1n) is 13.3. The molecule has 0 aromatic heterocycles. The predicted molar refractivity (Wildman–Crippen MR) is 162 cm³/mol. The van der Waals surface area contributed by atoms with Gasteiger partial charge in [-0.3, -0.25) is 0 Å². The molecular weight excluding hydrogens is 576 g/mol. The lowest BCUT2D eigenvalue weighted by atomic mass is 9.92. The number of benzene rings is 4. The fourth-order valence-corrected chi connectivity index (χ4v) is 5.50. The van der Waals surface area contributed by atoms with Gasteiger partial charge < -0.3 is 9.47 Å². The lowest BCUT2D eigenvalue weighted by Gasteiger charge is -2.20. The second kappa shape index (κ2) is 13.5. The summed E-state index contributed by atoms with van der Waals surface area (Å²) in [6.45, 7) is 5.92. The highest BCUT2D eigenvalue weighted by molar-refractivity contribution is 9.10. The molecule has 36 heavy (non-hydrogen) atoms. The molecule has 4 aromatic rings. The summed E-state index contributed by atoms with van der Waals surface area (Å²) in [4.78, 5) is 0. The first-order valence-corrected chi connectivity index (χ1v) is 14.9. The van der Waals surface area contributed by atoms with Gasteiger partial charge in [-0.1, -0.05) is 108 Å². The fourth-order valence-electron chi connectivity index (χ4n) is 4.74. The monoisotopic (exact) mass is 610 g/mol. The normalized spacial score (nSPS) is 11.3. The van der Waals surface area contributed by atoms with E-state index in [-0.39, 0.29) is 0 Å². The van der Waals surface area contributed by atoms with Gasteiger partial charge in [-0.25, -0.2) is 0 Å². The highest BCUT2D eigenvalue weighted by Crippen LogP contribution is 2.46. The Bertz CT molecular complexity index is 1200. The van der Waals surface area contributed by atoms with Crippen molar-refractivity contribution in [2.45, 2.75) is 65.2 Å². The maximum absolute atomic E-state index is 6.49. The molecule has 0 bridgehead atoms. The van der Waals surface area contributed by atoms with Gasteiger partial charge in [0.25, 0.3) is 0 Å². The SMILES string of the molecule is CCCCCCOc1ccc2cc(Br)ccc2c1-c1c(OCCCCCC)ccc2cc(Br)ccc12. The summed E-state index contributed by atoms with van der Waals surface area (Å²) in [6, 6.07) is 21.6. The predicted octanol–water partition coefficient (Wildman–Crippen LogP) is 11.1. The Kier molecular flexibility index (Phi) is 10.1. The molecule has 0 fully saturated rings. The van der Waals surface area contributed by atoms with Crippen molar-refractivity contribution in [1.29, 1.82) is 0 Å². The Morgan fingerprint density at radius 2 is 0.972 bits per heavy atom. The molecule has 4 rings (SSSR count). The van der Waals surface area contributed by atoms with E-state index in [0.717, 1.165) is 57.6 Å². The minimum Gasteiger partial charge on any atom is -0.493 e. The number of ether oxygens (including phenoxy) is 2. The van der Waals surface area contributed by atoms with Gasteiger partial charge in [0, 0.05) is 20.1 Å². The van der Waals surface area contributed by atoms with Crippen LogP contribution in [-0.2, 0) is 0 Å². The molecule has 0 radical (unpaired) electrons. The van der Waals surface area contributed by atoms with Crippen molar-refractivity contribution < 1.29 is 9.47 Å². The van der Waals surface area contributed by atoms with Crippen molar-refractivity contribution in [1.82, 2.24) is 0 Å². The molecule has 2 nitrogen and oxygen atoms in total. The molecule has 0 saturated carbocycles. The van der Waals surface area contributed by atoms with E-state index >= 15 is 0 Å². The number of rotatable bonds is 13. The standard InChI is InChI=1S/C32H36Br2O2/c1-3-5-7-9-19-35-29-17-11-23-21-25(33)13-15-27(23)31(29)32-28-16-14-26(34)22-24(28)12-18-30(32)36-20-10-8-6-4-2/h11-18,21-22H,3-10,19-20H2,1-2H3. The molecule has 0 heterocycles. The van der Waals surface area contributed by atoms with Crippen molar-refractivity contribution in [3.05, 3.63) is 69.6 Å². The van der Waals surface area contributed by atoms with Crippen LogP contribution in [0.4, 0.5) is 0 Å². The van der Waals surface area contributed by atoms with Crippen molar-refractivity contribution in [3.63, 3.8) is 0 Å². The third-order valence-electron chi connectivity index (χ3n) is 6.65. The van der Waals surface area contributed by atoms with Crippen LogP contribution in [-0.4, -0.2) is 13.2 Å². The highest BCUT2D eigenvalue weighted by Gasteiger charge is 2.19. The Balaban J connectivity index is 1.84. The Hall–Kier alpha value is -2.04. The van der Waals surface area contributed by atoms with E-state index in [1.165, 1.54) is 60.1 Å². The molecule has 0 saturated heterocycles. The van der Waals surface area contributed by atoms with Gasteiger partial charge in [0.05, 0.1) is 13.2 Å². The molecule has 0 unspecified atom stereocenters. The van der Waals surface area contributed by atoms with Gasteiger partial charge in [0.1, 0.15) is 11.5 Å². The number of hydrogen-bond donors (Lipinski definition) is 0. The van der Waals surface area contributed by atoms with Crippen molar-refractivity contribution in [2.24, 2.45) is 0 Å². The topological polar surface area (TPSA) is 18.5 Å². The summed E-state index contributed by atoms with van der Waals surface area (Å²) in [5.41, 5.74) is 2.24. The number of fused-ring (bicyclic) bond motifs is 2. The maximum atomic E-state index is 6.49. The van der Waals surface area contributed by atoms with Crippen LogP contribution in [0.15, 0.2) is 69.6 Å². The third-order valence-corrected chi connectivity index (χ3v) is 7.63. The minimum atomic E-state index is 0.721. The van der Waals surface area contributed by atoms with Crippen molar-refractivity contribution in [2.75, 3.05) is 13.2 Å². The van der Waals surface area contributed by atoms with Crippen LogP contribution < -0.4 is 9.47 Å². The van der Waals surface area contributed by atoms with Gasteiger partial charge in [0.15, 0.2) is 0 Å². The summed E-state index contributed by atoms with van der Waals surface area (Å²) in [5, 5.41) is 4.72. The van der Waals surface area contributed by atoms with Crippen LogP contribution in [0, 0.1) is 0 Å². The molecule has 0 aliphatic carbocycles. The Morgan fingerprint density at radius 3 is 1.39 bits per heavy atom. The van der Waals surface area contributed by atoms with Crippen LogP contribution in [0.1, 0.15) is 65.2 Å². The van der Waals surface area contributed by atoms with E-state index < -0.39 is 0 Å². The number of hydrogen-bond acceptors (Lipinski definition) is 2. The van der Waals surface area contributed by atoms with Gasteiger partial charge in [-0.2, -0.15) is 0 Å². The van der Waals surface area contributed by atoms with Crippen LogP contribution >= 0.6 is 31.9 Å². The molecule has 0 amide bonds. The molecule has 0 N–H and O–H groups in total. The van der Waals surface area contributed by atoms with E-state index in [1.807, 2.05) is 0 Å². The zero-order valence-electron chi connectivity index (χ0n) is 21.4. The summed E-state index contributed by atoms with van der Waals surface area (Å²) in [5.74, 6) is 1.85. The molecule has 0 spiro atoms. The zero-order chi connectivity index (χ0) is 25.3. The zero-order valence-corrected chi connectivity index (χ0v) is 24.6. The lowest BCUT2D eigenvalue weighted by Crippen LogP contribution is -2.02. The van der Waals surface area contributed by atoms with E-state index in [4.69, 9.17) is 9.47 Å². The van der Waals surface area contributed by atoms with Gasteiger partial charge >= 0.3 is 0 Å². The molecule has 0 aliphatic heterocycles. The second-order valence-corrected chi connectivity index (χ2v) is 11.3. The Labute approximate surface area is 232 Å². The molecular formula is C32H36Br2O2. The quantitative estimate of drug-likeness (QED) is 0.140. The number of unbranched alkanes of at least 4 members (excludes halogenated alkanes) is 6. The fraction of sp³-hybridized carbons (Fsp3) is 0.375. The second-order valence-electron chi connectivity index (χ2n) is 9.43. The summed E-state index contributed by atoms with van der Waals surface area (Å²) in [7, 11) is 0. The smallest absolute Gasteiger partial charge is 0.127 e. The third kappa shape index (κ3) is 6.63. The number of halogens is 2. The van der Waals surface area contributed by atoms with Crippen LogP contribution in [0.3, 0.4) is 0 Å². The summed E-state index contributed by atoms with van der Waals surface area (Å²) < 4.78 is 15.1. The van der Waals surface area contributed by atoms with Crippen molar-refractivity contribution >= 4 is 53.4 Å². The van der Waals surface area contributed by atoms with Gasteiger partial charge in [-0.15, -0.1) is 0 Å². The Morgan fingerprint density at radius 1 is 0.528 bits per heavy atom. The van der Waals surface area contributed by atoms with Crippen molar-refractivity contribution in [3.8, 4) is 22.6 Å². The summed E-state index contributed by atoms with van der Waals surface area (Å²) in [6.07, 6.45) is 9.46. The lowest BCUT2D eigenvalue weighted by molar-refractivity contribution is 0.302. The largest absolute Gasteiger partial charge is 0.493 e. The average Bonchev–Trinajstić information content (AvgIpc) is 2.88. The van der Waals surface area contributed by atoms with E-state index in [1.54, 1.807) is 0 Å². The average molecular weight is 612 g/mol. The molecule has 0 aliphatic rings. The molecule has 0 atom stereocenters. The van der Waals surface area contributed by atoms with E-state index in [2.05, 4.69) is 106 Å². The first kappa shape index (κ1) is 27.0. The van der Waals surface area contributed by atoms with Gasteiger partial charge in [0.2, 0.25) is 0 Å². The highest BCUT2D eigenvalue weighted by atomic mass is 79.9. The maximum Gasteiger partial charge on any atom is 0.127 e. The van der Waals surface area contributed by atoms with Crippen LogP contribution in [0.25, 0.3) is 32.7 Å². The van der Waals surface area contributed by atoms with Crippen LogP contribution in [0.2, 0.25) is 0 Å². The van der Waals surface area contributed by atoms with Crippen LogP contribution in [0.5, 0.6) is 11.5 Å². The molecule has 4 heteroatoms. The minimum absolute atomic E-state index is 0.721.